The third-order valence-electron chi connectivity index (χ3n) is 1.11. The molecule has 0 N–H and O–H groups in total. The van der Waals surface area contributed by atoms with Gasteiger partial charge in [0.15, 0.2) is 5.78 Å². The highest BCUT2D eigenvalue weighted by Crippen LogP contribution is 1.91. The summed E-state index contributed by atoms with van der Waals surface area (Å²) >= 11 is 0. The van der Waals surface area contributed by atoms with Gasteiger partial charge in [-0.2, -0.15) is 0 Å². The molecule has 0 spiro atoms. The van der Waals surface area contributed by atoms with E-state index in [-0.39, 0.29) is 18.6 Å². The highest BCUT2D eigenvalue weighted by Gasteiger charge is 2.07. The minimum Gasteiger partial charge on any atom is -0.466 e. The van der Waals surface area contributed by atoms with Crippen LogP contribution in [0, 0.1) is 11.8 Å². The minimum absolute atomic E-state index is 0.134. The van der Waals surface area contributed by atoms with Gasteiger partial charge in [-0.15, -0.1) is 5.92 Å². The van der Waals surface area contributed by atoms with Crippen molar-refractivity contribution < 1.29 is 14.3 Å². The van der Waals surface area contributed by atoms with Crippen molar-refractivity contribution in [2.24, 2.45) is 0 Å². The normalized spacial score (nSPS) is 8.17. The standard InChI is InChI=1S/C9H12O3/c1-3-5-6-8(10)7-9(11)12-4-2/h4,6-7H2,1-2H3. The third-order valence-corrected chi connectivity index (χ3v) is 1.11. The number of esters is 1. The summed E-state index contributed by atoms with van der Waals surface area (Å²) in [7, 11) is 0. The van der Waals surface area contributed by atoms with Crippen LogP contribution in [0.25, 0.3) is 0 Å². The van der Waals surface area contributed by atoms with E-state index in [2.05, 4.69) is 16.6 Å². The molecule has 0 amide bonds. The molecule has 0 saturated heterocycles. The maximum atomic E-state index is 10.9. The molecule has 0 aromatic rings. The van der Waals surface area contributed by atoms with Gasteiger partial charge in [-0.3, -0.25) is 9.59 Å². The highest BCUT2D eigenvalue weighted by atomic mass is 16.5. The molecular formula is C9H12O3. The van der Waals surface area contributed by atoms with Crippen molar-refractivity contribution >= 4 is 11.8 Å². The van der Waals surface area contributed by atoms with Crippen LogP contribution in [-0.4, -0.2) is 18.4 Å². The van der Waals surface area contributed by atoms with Crippen LogP contribution in [-0.2, 0) is 14.3 Å². The minimum atomic E-state index is -0.472. The van der Waals surface area contributed by atoms with E-state index in [1.165, 1.54) is 0 Å². The molecule has 0 aliphatic rings. The lowest BCUT2D eigenvalue weighted by Crippen LogP contribution is -2.10. The van der Waals surface area contributed by atoms with E-state index in [4.69, 9.17) is 0 Å². The van der Waals surface area contributed by atoms with Crippen LogP contribution in [0.1, 0.15) is 26.7 Å². The summed E-state index contributed by atoms with van der Waals surface area (Å²) in [5.74, 6) is 4.51. The van der Waals surface area contributed by atoms with Crippen LogP contribution < -0.4 is 0 Å². The molecule has 0 saturated carbocycles. The van der Waals surface area contributed by atoms with Crippen molar-refractivity contribution in [2.75, 3.05) is 6.61 Å². The average Bonchev–Trinajstić information content (AvgIpc) is 2.01. The fourth-order valence-corrected chi connectivity index (χ4v) is 0.622. The Morgan fingerprint density at radius 2 is 2.08 bits per heavy atom. The van der Waals surface area contributed by atoms with Crippen LogP contribution in [0.5, 0.6) is 0 Å². The van der Waals surface area contributed by atoms with E-state index in [9.17, 15) is 9.59 Å². The molecule has 0 fully saturated rings. The summed E-state index contributed by atoms with van der Waals surface area (Å²) in [6, 6.07) is 0. The zero-order chi connectivity index (χ0) is 9.40. The Morgan fingerprint density at radius 1 is 1.42 bits per heavy atom. The number of hydrogen-bond acceptors (Lipinski definition) is 3. The van der Waals surface area contributed by atoms with Gasteiger partial charge in [0.05, 0.1) is 13.0 Å². The summed E-state index contributed by atoms with van der Waals surface area (Å²) in [4.78, 5) is 21.6. The highest BCUT2D eigenvalue weighted by molar-refractivity contribution is 5.96. The van der Waals surface area contributed by atoms with Crippen LogP contribution in [0.15, 0.2) is 0 Å². The summed E-state index contributed by atoms with van der Waals surface area (Å²) in [6.07, 6.45) is -0.0299. The first-order chi connectivity index (χ1) is 5.70. The number of ketones is 1. The van der Waals surface area contributed by atoms with Gasteiger partial charge in [0.25, 0.3) is 0 Å². The number of Topliss-reactive ketones (excluding diaryl/α,β-unsaturated/α-hetero) is 1. The summed E-state index contributed by atoms with van der Waals surface area (Å²) in [5, 5.41) is 0. The maximum absolute atomic E-state index is 10.9. The van der Waals surface area contributed by atoms with Gasteiger partial charge in [-0.25, -0.2) is 0 Å². The Labute approximate surface area is 72.1 Å². The zero-order valence-electron chi connectivity index (χ0n) is 7.35. The van der Waals surface area contributed by atoms with E-state index in [1.54, 1.807) is 13.8 Å². The molecule has 0 aromatic heterocycles. The Balaban J connectivity index is 3.66. The molecule has 3 heteroatoms. The van der Waals surface area contributed by atoms with E-state index < -0.39 is 5.97 Å². The third kappa shape index (κ3) is 5.48. The predicted octanol–water partition coefficient (Wildman–Crippen LogP) is 0.922. The molecule has 0 atom stereocenters. The second-order valence-electron chi connectivity index (χ2n) is 2.12. The van der Waals surface area contributed by atoms with Crippen LogP contribution >= 0.6 is 0 Å². The Bertz CT molecular complexity index is 220. The van der Waals surface area contributed by atoms with Crippen LogP contribution in [0.4, 0.5) is 0 Å². The van der Waals surface area contributed by atoms with E-state index in [1.807, 2.05) is 0 Å². The van der Waals surface area contributed by atoms with Gasteiger partial charge < -0.3 is 4.74 Å². The van der Waals surface area contributed by atoms with E-state index >= 15 is 0 Å². The fourth-order valence-electron chi connectivity index (χ4n) is 0.622. The molecule has 3 nitrogen and oxygen atoms in total. The zero-order valence-corrected chi connectivity index (χ0v) is 7.35. The molecule has 0 aliphatic heterocycles. The Hall–Kier alpha value is -1.30. The second kappa shape index (κ2) is 6.41. The van der Waals surface area contributed by atoms with Crippen molar-refractivity contribution in [3.05, 3.63) is 0 Å². The van der Waals surface area contributed by atoms with Crippen LogP contribution in [0.3, 0.4) is 0 Å². The van der Waals surface area contributed by atoms with Crippen molar-refractivity contribution in [1.29, 1.82) is 0 Å². The van der Waals surface area contributed by atoms with E-state index in [0.29, 0.717) is 6.61 Å². The SMILES string of the molecule is CC#CCC(=O)CC(=O)OCC. The van der Waals surface area contributed by atoms with E-state index in [0.717, 1.165) is 0 Å². The van der Waals surface area contributed by atoms with Crippen molar-refractivity contribution in [3.8, 4) is 11.8 Å². The number of ether oxygens (including phenoxy) is 1. The Kier molecular flexibility index (Phi) is 5.72. The van der Waals surface area contributed by atoms with Gasteiger partial charge in [0.2, 0.25) is 0 Å². The van der Waals surface area contributed by atoms with Crippen molar-refractivity contribution in [3.63, 3.8) is 0 Å². The lowest BCUT2D eigenvalue weighted by molar-refractivity contribution is -0.145. The number of rotatable bonds is 4. The summed E-state index contributed by atoms with van der Waals surface area (Å²) in [6.45, 7) is 3.66. The maximum Gasteiger partial charge on any atom is 0.313 e. The molecule has 0 radical (unpaired) electrons. The number of carbonyl (C=O) groups excluding carboxylic acids is 2. The first kappa shape index (κ1) is 10.7. The first-order valence-corrected chi connectivity index (χ1v) is 3.77. The van der Waals surface area contributed by atoms with Gasteiger partial charge in [0, 0.05) is 0 Å². The summed E-state index contributed by atoms with van der Waals surface area (Å²) in [5.41, 5.74) is 0. The first-order valence-electron chi connectivity index (χ1n) is 3.77. The lowest BCUT2D eigenvalue weighted by atomic mass is 10.2. The second-order valence-corrected chi connectivity index (χ2v) is 2.12. The molecule has 0 rings (SSSR count). The molecule has 0 aliphatic carbocycles. The average molecular weight is 168 g/mol. The summed E-state index contributed by atoms with van der Waals surface area (Å²) < 4.78 is 4.58. The molecule has 0 aromatic carbocycles. The lowest BCUT2D eigenvalue weighted by Gasteiger charge is -1.97. The van der Waals surface area contributed by atoms with Crippen molar-refractivity contribution in [2.45, 2.75) is 26.7 Å². The fraction of sp³-hybridized carbons (Fsp3) is 0.556. The quantitative estimate of drug-likeness (QED) is 0.356. The molecule has 12 heavy (non-hydrogen) atoms. The number of hydrogen-bond donors (Lipinski definition) is 0. The predicted molar refractivity (Wildman–Crippen MR) is 44.3 cm³/mol. The molecular weight excluding hydrogens is 156 g/mol. The monoisotopic (exact) mass is 168 g/mol. The Morgan fingerprint density at radius 3 is 2.58 bits per heavy atom. The topological polar surface area (TPSA) is 43.4 Å². The largest absolute Gasteiger partial charge is 0.466 e. The number of carbonyl (C=O) groups is 2. The molecule has 0 unspecified atom stereocenters. The molecule has 0 heterocycles. The van der Waals surface area contributed by atoms with Gasteiger partial charge in [0.1, 0.15) is 6.42 Å². The smallest absolute Gasteiger partial charge is 0.313 e. The molecule has 0 bridgehead atoms. The van der Waals surface area contributed by atoms with Gasteiger partial charge in [-0.1, -0.05) is 5.92 Å². The van der Waals surface area contributed by atoms with Crippen molar-refractivity contribution in [1.82, 2.24) is 0 Å². The van der Waals surface area contributed by atoms with Crippen LogP contribution in [0.2, 0.25) is 0 Å². The molecule has 66 valence electrons. The van der Waals surface area contributed by atoms with Gasteiger partial charge in [-0.05, 0) is 13.8 Å². The van der Waals surface area contributed by atoms with Gasteiger partial charge >= 0.3 is 5.97 Å².